The number of hydrogen-bond acceptors (Lipinski definition) is 4. The van der Waals surface area contributed by atoms with Crippen molar-refractivity contribution in [2.45, 2.75) is 39.2 Å². The van der Waals surface area contributed by atoms with Crippen LogP contribution in [-0.4, -0.2) is 58.1 Å². The minimum absolute atomic E-state index is 0. The predicted octanol–water partition coefficient (Wildman–Crippen LogP) is 3.64. The highest BCUT2D eigenvalue weighted by Gasteiger charge is 2.28. The summed E-state index contributed by atoms with van der Waals surface area (Å²) in [6.45, 7) is 9.15. The van der Waals surface area contributed by atoms with Gasteiger partial charge in [-0.15, -0.1) is 24.0 Å². The molecular formula is C21H34IN7. The summed E-state index contributed by atoms with van der Waals surface area (Å²) in [5.74, 6) is 2.62. The first-order valence-electron chi connectivity index (χ1n) is 10.4. The van der Waals surface area contributed by atoms with Gasteiger partial charge in [-0.25, -0.2) is 9.97 Å². The molecule has 0 saturated carbocycles. The summed E-state index contributed by atoms with van der Waals surface area (Å²) >= 11 is 0. The molecule has 0 bridgehead atoms. The van der Waals surface area contributed by atoms with Crippen LogP contribution in [0.25, 0.3) is 0 Å². The number of rotatable bonds is 8. The Hall–Kier alpha value is -1.84. The number of likely N-dealkylation sites (tertiary alicyclic amines) is 1. The smallest absolute Gasteiger partial charge is 0.193 e. The summed E-state index contributed by atoms with van der Waals surface area (Å²) in [6, 6.07) is 6.37. The number of piperidine rings is 1. The van der Waals surface area contributed by atoms with E-state index in [-0.39, 0.29) is 24.0 Å². The summed E-state index contributed by atoms with van der Waals surface area (Å²) in [7, 11) is 0. The van der Waals surface area contributed by atoms with Crippen LogP contribution < -0.4 is 10.6 Å². The van der Waals surface area contributed by atoms with Crippen LogP contribution in [0.3, 0.4) is 0 Å². The molecule has 2 atom stereocenters. The monoisotopic (exact) mass is 511 g/mol. The van der Waals surface area contributed by atoms with E-state index < -0.39 is 0 Å². The van der Waals surface area contributed by atoms with Crippen molar-refractivity contribution < 1.29 is 0 Å². The van der Waals surface area contributed by atoms with Gasteiger partial charge in [0, 0.05) is 51.3 Å². The third kappa shape index (κ3) is 7.17. The van der Waals surface area contributed by atoms with Crippen molar-refractivity contribution in [2.75, 3.05) is 38.0 Å². The molecule has 2 aromatic heterocycles. The Bertz CT molecular complexity index is 705. The van der Waals surface area contributed by atoms with E-state index in [0.717, 1.165) is 57.3 Å². The number of nitrogens with one attached hydrogen (secondary N) is 2. The van der Waals surface area contributed by atoms with Crippen LogP contribution in [0.4, 0.5) is 5.82 Å². The Labute approximate surface area is 191 Å². The molecule has 0 amide bonds. The second kappa shape index (κ2) is 12.7. The molecule has 2 unspecified atom stereocenters. The molecule has 1 fully saturated rings. The fourth-order valence-electron chi connectivity index (χ4n) is 3.63. The third-order valence-electron chi connectivity index (χ3n) is 5.28. The summed E-state index contributed by atoms with van der Waals surface area (Å²) < 4.78 is 2.24. The lowest BCUT2D eigenvalue weighted by molar-refractivity contribution is 0.189. The van der Waals surface area contributed by atoms with Crippen molar-refractivity contribution in [2.24, 2.45) is 10.9 Å². The van der Waals surface area contributed by atoms with Crippen LogP contribution in [0, 0.1) is 5.92 Å². The number of imidazole rings is 1. The van der Waals surface area contributed by atoms with Crippen molar-refractivity contribution in [3.63, 3.8) is 0 Å². The fraction of sp³-hybridized carbons (Fsp3) is 0.571. The van der Waals surface area contributed by atoms with Gasteiger partial charge in [-0.3, -0.25) is 4.99 Å². The zero-order valence-electron chi connectivity index (χ0n) is 17.5. The second-order valence-corrected chi connectivity index (χ2v) is 7.37. The van der Waals surface area contributed by atoms with Gasteiger partial charge in [-0.05, 0) is 44.2 Å². The SMILES string of the molecule is CCNC(=NCCCCNc1ccccn1)N1CCC(C)C(n2ccnc2)C1.I. The maximum Gasteiger partial charge on any atom is 0.193 e. The van der Waals surface area contributed by atoms with E-state index in [4.69, 9.17) is 4.99 Å². The number of halogens is 1. The quantitative estimate of drug-likeness (QED) is 0.245. The normalized spacial score (nSPS) is 19.5. The highest BCUT2D eigenvalue weighted by Crippen LogP contribution is 2.27. The maximum absolute atomic E-state index is 4.89. The summed E-state index contributed by atoms with van der Waals surface area (Å²) in [6.07, 6.45) is 11.0. The fourth-order valence-corrected chi connectivity index (χ4v) is 3.63. The van der Waals surface area contributed by atoms with Crippen molar-refractivity contribution >= 4 is 35.8 Å². The zero-order chi connectivity index (χ0) is 19.6. The molecule has 1 aliphatic rings. The van der Waals surface area contributed by atoms with Gasteiger partial charge < -0.3 is 20.1 Å². The van der Waals surface area contributed by atoms with Gasteiger partial charge in [-0.1, -0.05) is 13.0 Å². The van der Waals surface area contributed by atoms with Gasteiger partial charge >= 0.3 is 0 Å². The summed E-state index contributed by atoms with van der Waals surface area (Å²) in [4.78, 5) is 15.8. The highest BCUT2D eigenvalue weighted by atomic mass is 127. The Kier molecular flexibility index (Phi) is 10.2. The molecule has 3 rings (SSSR count). The number of hydrogen-bond donors (Lipinski definition) is 2. The zero-order valence-corrected chi connectivity index (χ0v) is 19.8. The van der Waals surface area contributed by atoms with Gasteiger partial charge in [-0.2, -0.15) is 0 Å². The van der Waals surface area contributed by atoms with Crippen LogP contribution in [0.5, 0.6) is 0 Å². The summed E-state index contributed by atoms with van der Waals surface area (Å²) in [5.41, 5.74) is 0. The molecule has 1 saturated heterocycles. The number of anilines is 1. The first-order chi connectivity index (χ1) is 13.8. The number of nitrogens with zero attached hydrogens (tertiary/aromatic N) is 5. The van der Waals surface area contributed by atoms with Gasteiger partial charge in [0.25, 0.3) is 0 Å². The topological polar surface area (TPSA) is 70.4 Å². The van der Waals surface area contributed by atoms with E-state index in [0.29, 0.717) is 12.0 Å². The standard InChI is InChI=1S/C21H33N7.HI/c1-3-23-21(26-12-7-6-11-25-20-8-4-5-10-24-20)27-14-9-18(2)19(16-27)28-15-13-22-17-28;/h4-5,8,10,13,15,17-19H,3,6-7,9,11-12,14,16H2,1-2H3,(H,23,26)(H,24,25);1H. The number of aromatic nitrogens is 3. The molecule has 29 heavy (non-hydrogen) atoms. The second-order valence-electron chi connectivity index (χ2n) is 7.37. The average molecular weight is 511 g/mol. The van der Waals surface area contributed by atoms with Crippen LogP contribution in [-0.2, 0) is 0 Å². The van der Waals surface area contributed by atoms with E-state index in [1.165, 1.54) is 6.42 Å². The minimum atomic E-state index is 0. The summed E-state index contributed by atoms with van der Waals surface area (Å²) in [5, 5.41) is 6.83. The molecule has 0 spiro atoms. The Morgan fingerprint density at radius 2 is 2.17 bits per heavy atom. The van der Waals surface area contributed by atoms with E-state index in [1.807, 2.05) is 36.9 Å². The Morgan fingerprint density at radius 1 is 1.28 bits per heavy atom. The molecule has 8 heteroatoms. The molecule has 2 N–H and O–H groups in total. The molecule has 0 radical (unpaired) electrons. The van der Waals surface area contributed by atoms with E-state index in [2.05, 4.69) is 50.1 Å². The highest BCUT2D eigenvalue weighted by molar-refractivity contribution is 14.0. The molecule has 7 nitrogen and oxygen atoms in total. The van der Waals surface area contributed by atoms with Crippen LogP contribution in [0.15, 0.2) is 48.1 Å². The number of aliphatic imine (C=N–C) groups is 1. The predicted molar refractivity (Wildman–Crippen MR) is 130 cm³/mol. The van der Waals surface area contributed by atoms with Crippen molar-refractivity contribution in [3.8, 4) is 0 Å². The molecule has 2 aromatic rings. The van der Waals surface area contributed by atoms with Crippen LogP contribution >= 0.6 is 24.0 Å². The van der Waals surface area contributed by atoms with Crippen molar-refractivity contribution in [1.29, 1.82) is 0 Å². The van der Waals surface area contributed by atoms with Crippen LogP contribution in [0.2, 0.25) is 0 Å². The largest absolute Gasteiger partial charge is 0.370 e. The molecule has 0 aliphatic carbocycles. The lowest BCUT2D eigenvalue weighted by atomic mass is 9.93. The molecule has 3 heterocycles. The Morgan fingerprint density at radius 3 is 2.90 bits per heavy atom. The van der Waals surface area contributed by atoms with Gasteiger partial charge in [0.2, 0.25) is 0 Å². The lowest BCUT2D eigenvalue weighted by Crippen LogP contribution is -2.49. The number of unbranched alkanes of at least 4 members (excludes halogenated alkanes) is 1. The molecule has 0 aromatic carbocycles. The van der Waals surface area contributed by atoms with Crippen molar-refractivity contribution in [1.82, 2.24) is 24.8 Å². The van der Waals surface area contributed by atoms with Crippen LogP contribution in [0.1, 0.15) is 39.2 Å². The van der Waals surface area contributed by atoms with E-state index >= 15 is 0 Å². The van der Waals surface area contributed by atoms with Crippen molar-refractivity contribution in [3.05, 3.63) is 43.1 Å². The van der Waals surface area contributed by atoms with Gasteiger partial charge in [0.15, 0.2) is 5.96 Å². The first-order valence-corrected chi connectivity index (χ1v) is 10.4. The first kappa shape index (κ1) is 23.4. The average Bonchev–Trinajstić information content (AvgIpc) is 3.25. The maximum atomic E-state index is 4.89. The number of pyridine rings is 1. The number of guanidine groups is 1. The van der Waals surface area contributed by atoms with Gasteiger partial charge in [0.1, 0.15) is 5.82 Å². The Balaban J connectivity index is 0.00000300. The molecule has 1 aliphatic heterocycles. The molecule has 160 valence electrons. The minimum Gasteiger partial charge on any atom is -0.370 e. The third-order valence-corrected chi connectivity index (χ3v) is 5.28. The lowest BCUT2D eigenvalue weighted by Gasteiger charge is -2.39. The van der Waals surface area contributed by atoms with E-state index in [9.17, 15) is 0 Å². The van der Waals surface area contributed by atoms with E-state index in [1.54, 1.807) is 0 Å². The van der Waals surface area contributed by atoms with Gasteiger partial charge in [0.05, 0.1) is 12.4 Å². The molecular weight excluding hydrogens is 477 g/mol.